The fourth-order valence-corrected chi connectivity index (χ4v) is 4.82. The molecule has 0 aliphatic heterocycles. The predicted octanol–water partition coefficient (Wildman–Crippen LogP) is 4.01. The van der Waals surface area contributed by atoms with Gasteiger partial charge >= 0.3 is 0 Å². The zero-order chi connectivity index (χ0) is 14.3. The molecule has 0 aromatic heterocycles. The number of hydrogen-bond acceptors (Lipinski definition) is 2. The lowest BCUT2D eigenvalue weighted by molar-refractivity contribution is 0.259. The van der Waals surface area contributed by atoms with Crippen molar-refractivity contribution in [3.63, 3.8) is 0 Å². The van der Waals surface area contributed by atoms with Crippen molar-refractivity contribution in [2.24, 2.45) is 17.8 Å². The molecule has 2 aliphatic carbocycles. The Bertz CT molecular complexity index is 473. The normalized spacial score (nSPS) is 29.7. The van der Waals surface area contributed by atoms with E-state index in [9.17, 15) is 0 Å². The van der Waals surface area contributed by atoms with Gasteiger partial charge in [0.05, 0.1) is 7.11 Å². The topological polar surface area (TPSA) is 21.3 Å². The summed E-state index contributed by atoms with van der Waals surface area (Å²) in [5.74, 6) is 3.81. The van der Waals surface area contributed by atoms with Crippen molar-refractivity contribution in [3.8, 4) is 5.75 Å². The maximum absolute atomic E-state index is 5.50. The van der Waals surface area contributed by atoms with Crippen molar-refractivity contribution in [3.05, 3.63) is 28.8 Å². The lowest BCUT2D eigenvalue weighted by Crippen LogP contribution is -2.29. The van der Waals surface area contributed by atoms with E-state index < -0.39 is 0 Å². The molecule has 1 N–H and O–H groups in total. The van der Waals surface area contributed by atoms with E-state index in [1.165, 1.54) is 42.4 Å². The van der Waals surface area contributed by atoms with Crippen LogP contribution in [0.3, 0.4) is 0 Å². The lowest BCUT2D eigenvalue weighted by Gasteiger charge is -2.31. The second kappa shape index (κ2) is 5.40. The number of methoxy groups -OCH3 is 1. The standard InChI is InChI=1S/C18H27NO/c1-11-7-15(8-12(2)18(11)20-4)17(19-3)16-10-13-5-6-14(16)9-13/h7-8,13-14,16-17,19H,5-6,9-10H2,1-4H3. The second-order valence-electron chi connectivity index (χ2n) is 6.79. The molecule has 4 atom stereocenters. The molecule has 3 rings (SSSR count). The fourth-order valence-electron chi connectivity index (χ4n) is 4.82. The van der Waals surface area contributed by atoms with Crippen molar-refractivity contribution < 1.29 is 4.74 Å². The Morgan fingerprint density at radius 2 is 1.85 bits per heavy atom. The van der Waals surface area contributed by atoms with Crippen molar-refractivity contribution in [2.45, 2.75) is 45.6 Å². The molecule has 110 valence electrons. The highest BCUT2D eigenvalue weighted by molar-refractivity contribution is 5.44. The van der Waals surface area contributed by atoms with Crippen LogP contribution in [0.2, 0.25) is 0 Å². The first-order valence-corrected chi connectivity index (χ1v) is 7.96. The monoisotopic (exact) mass is 273 g/mol. The molecule has 2 aliphatic rings. The molecule has 2 heteroatoms. The Balaban J connectivity index is 1.90. The molecule has 0 amide bonds. The molecular formula is C18H27NO. The number of fused-ring (bicyclic) bond motifs is 2. The Labute approximate surface area is 122 Å². The van der Waals surface area contributed by atoms with E-state index in [0.29, 0.717) is 6.04 Å². The molecule has 1 aromatic rings. The predicted molar refractivity (Wildman–Crippen MR) is 83.2 cm³/mol. The van der Waals surface area contributed by atoms with Crippen LogP contribution in [-0.2, 0) is 0 Å². The van der Waals surface area contributed by atoms with Crippen molar-refractivity contribution in [1.29, 1.82) is 0 Å². The van der Waals surface area contributed by atoms with Crippen LogP contribution in [-0.4, -0.2) is 14.2 Å². The van der Waals surface area contributed by atoms with E-state index in [0.717, 1.165) is 23.5 Å². The first-order chi connectivity index (χ1) is 9.63. The van der Waals surface area contributed by atoms with Crippen LogP contribution in [0, 0.1) is 31.6 Å². The Hall–Kier alpha value is -1.02. The van der Waals surface area contributed by atoms with Crippen LogP contribution in [0.25, 0.3) is 0 Å². The van der Waals surface area contributed by atoms with Gasteiger partial charge in [-0.1, -0.05) is 18.6 Å². The molecule has 0 saturated heterocycles. The van der Waals surface area contributed by atoms with E-state index in [-0.39, 0.29) is 0 Å². The quantitative estimate of drug-likeness (QED) is 0.895. The third-order valence-electron chi connectivity index (χ3n) is 5.58. The van der Waals surface area contributed by atoms with Gasteiger partial charge < -0.3 is 10.1 Å². The first kappa shape index (κ1) is 13.9. The zero-order valence-corrected chi connectivity index (χ0v) is 13.2. The highest BCUT2D eigenvalue weighted by atomic mass is 16.5. The van der Waals surface area contributed by atoms with Gasteiger partial charge in [0.2, 0.25) is 0 Å². The van der Waals surface area contributed by atoms with Crippen molar-refractivity contribution in [2.75, 3.05) is 14.2 Å². The van der Waals surface area contributed by atoms with E-state index in [2.05, 4.69) is 38.3 Å². The molecule has 2 bridgehead atoms. The summed E-state index contributed by atoms with van der Waals surface area (Å²) in [6, 6.07) is 5.14. The zero-order valence-electron chi connectivity index (χ0n) is 13.2. The van der Waals surface area contributed by atoms with Gasteiger partial charge in [0.25, 0.3) is 0 Å². The number of hydrogen-bond donors (Lipinski definition) is 1. The van der Waals surface area contributed by atoms with Gasteiger partial charge in [-0.2, -0.15) is 0 Å². The largest absolute Gasteiger partial charge is 0.496 e. The third-order valence-corrected chi connectivity index (χ3v) is 5.58. The summed E-state index contributed by atoms with van der Waals surface area (Å²) in [6.45, 7) is 4.31. The molecule has 2 fully saturated rings. The Morgan fingerprint density at radius 1 is 1.15 bits per heavy atom. The summed E-state index contributed by atoms with van der Waals surface area (Å²) in [7, 11) is 3.88. The van der Waals surface area contributed by atoms with Gasteiger partial charge in [-0.3, -0.25) is 0 Å². The summed E-state index contributed by atoms with van der Waals surface area (Å²) < 4.78 is 5.50. The minimum absolute atomic E-state index is 0.508. The molecule has 0 radical (unpaired) electrons. The third kappa shape index (κ3) is 2.24. The van der Waals surface area contributed by atoms with Gasteiger partial charge in [0, 0.05) is 6.04 Å². The van der Waals surface area contributed by atoms with Gasteiger partial charge in [0.1, 0.15) is 5.75 Å². The van der Waals surface area contributed by atoms with Crippen LogP contribution >= 0.6 is 0 Å². The molecule has 1 aromatic carbocycles. The number of benzene rings is 1. The number of ether oxygens (including phenoxy) is 1. The van der Waals surface area contributed by atoms with Gasteiger partial charge in [0.15, 0.2) is 0 Å². The molecule has 0 spiro atoms. The molecular weight excluding hydrogens is 246 g/mol. The molecule has 20 heavy (non-hydrogen) atoms. The maximum atomic E-state index is 5.50. The van der Waals surface area contributed by atoms with E-state index in [1.807, 2.05) is 0 Å². The minimum Gasteiger partial charge on any atom is -0.496 e. The van der Waals surface area contributed by atoms with Crippen molar-refractivity contribution in [1.82, 2.24) is 5.32 Å². The van der Waals surface area contributed by atoms with Gasteiger partial charge in [-0.05, 0) is 74.6 Å². The lowest BCUT2D eigenvalue weighted by atomic mass is 9.80. The van der Waals surface area contributed by atoms with Gasteiger partial charge in [-0.15, -0.1) is 0 Å². The van der Waals surface area contributed by atoms with Crippen LogP contribution in [0.4, 0.5) is 0 Å². The highest BCUT2D eigenvalue weighted by Gasteiger charge is 2.43. The smallest absolute Gasteiger partial charge is 0.124 e. The summed E-state index contributed by atoms with van der Waals surface area (Å²) in [4.78, 5) is 0. The molecule has 0 heterocycles. The van der Waals surface area contributed by atoms with Crippen molar-refractivity contribution >= 4 is 0 Å². The maximum Gasteiger partial charge on any atom is 0.124 e. The number of aryl methyl sites for hydroxylation is 2. The van der Waals surface area contributed by atoms with E-state index in [4.69, 9.17) is 4.74 Å². The molecule has 4 unspecified atom stereocenters. The summed E-state index contributed by atoms with van der Waals surface area (Å²) in [6.07, 6.45) is 5.80. The summed E-state index contributed by atoms with van der Waals surface area (Å²) in [5, 5.41) is 3.60. The SMILES string of the molecule is CNC(c1cc(C)c(OC)c(C)c1)C1CC2CCC1C2. The van der Waals surface area contributed by atoms with Crippen LogP contribution in [0.5, 0.6) is 5.75 Å². The number of rotatable bonds is 4. The average Bonchev–Trinajstić information content (AvgIpc) is 3.02. The summed E-state index contributed by atoms with van der Waals surface area (Å²) in [5.41, 5.74) is 3.96. The highest BCUT2D eigenvalue weighted by Crippen LogP contribution is 2.52. The van der Waals surface area contributed by atoms with E-state index in [1.54, 1.807) is 7.11 Å². The fraction of sp³-hybridized carbons (Fsp3) is 0.667. The summed E-state index contributed by atoms with van der Waals surface area (Å²) >= 11 is 0. The van der Waals surface area contributed by atoms with Crippen LogP contribution in [0.15, 0.2) is 12.1 Å². The second-order valence-corrected chi connectivity index (χ2v) is 6.79. The van der Waals surface area contributed by atoms with Gasteiger partial charge in [-0.25, -0.2) is 0 Å². The van der Waals surface area contributed by atoms with Crippen LogP contribution < -0.4 is 10.1 Å². The minimum atomic E-state index is 0.508. The molecule has 2 saturated carbocycles. The molecule has 2 nitrogen and oxygen atoms in total. The van der Waals surface area contributed by atoms with E-state index >= 15 is 0 Å². The first-order valence-electron chi connectivity index (χ1n) is 7.96. The average molecular weight is 273 g/mol. The number of nitrogens with one attached hydrogen (secondary N) is 1. The Morgan fingerprint density at radius 3 is 2.30 bits per heavy atom. The Kier molecular flexibility index (Phi) is 3.76. The van der Waals surface area contributed by atoms with Crippen LogP contribution in [0.1, 0.15) is 48.4 Å².